The molecule has 0 amide bonds. The van der Waals surface area contributed by atoms with Crippen LogP contribution in [0, 0.1) is 13.8 Å². The molecular formula is C20H19F3N2O2S. The molecule has 1 atom stereocenters. The molecule has 3 rings (SSSR count). The van der Waals surface area contributed by atoms with Gasteiger partial charge in [0, 0.05) is 5.25 Å². The minimum atomic E-state index is -4.34. The van der Waals surface area contributed by atoms with Crippen molar-refractivity contribution in [2.75, 3.05) is 0 Å². The maximum absolute atomic E-state index is 12.7. The van der Waals surface area contributed by atoms with Crippen LogP contribution < -0.4 is 4.74 Å². The molecule has 0 aliphatic carbocycles. The molecule has 4 nitrogen and oxygen atoms in total. The zero-order valence-electron chi connectivity index (χ0n) is 15.6. The van der Waals surface area contributed by atoms with Gasteiger partial charge in [-0.15, -0.1) is 10.2 Å². The fourth-order valence-corrected chi connectivity index (χ4v) is 3.34. The van der Waals surface area contributed by atoms with Crippen LogP contribution in [0.1, 0.15) is 40.3 Å². The summed E-state index contributed by atoms with van der Waals surface area (Å²) in [5.74, 6) is 1.09. The second kappa shape index (κ2) is 8.26. The van der Waals surface area contributed by atoms with E-state index in [9.17, 15) is 13.2 Å². The number of aromatic nitrogens is 2. The van der Waals surface area contributed by atoms with Gasteiger partial charge in [-0.2, -0.15) is 13.2 Å². The van der Waals surface area contributed by atoms with Crippen LogP contribution in [0.25, 0.3) is 0 Å². The number of thioether (sulfide) groups is 1. The molecule has 0 aliphatic rings. The lowest BCUT2D eigenvalue weighted by molar-refractivity contribution is -0.137. The molecule has 148 valence electrons. The Bertz CT molecular complexity index is 939. The maximum atomic E-state index is 12.7. The summed E-state index contributed by atoms with van der Waals surface area (Å²) in [6.45, 7) is 5.95. The quantitative estimate of drug-likeness (QED) is 0.459. The van der Waals surface area contributed by atoms with Crippen LogP contribution in [-0.4, -0.2) is 10.2 Å². The summed E-state index contributed by atoms with van der Waals surface area (Å²) in [6.07, 6.45) is -4.34. The van der Waals surface area contributed by atoms with Gasteiger partial charge in [0.2, 0.25) is 0 Å². The first-order chi connectivity index (χ1) is 13.2. The minimum absolute atomic E-state index is 0.143. The lowest BCUT2D eigenvalue weighted by atomic mass is 10.1. The number of hydrogen-bond acceptors (Lipinski definition) is 5. The lowest BCUT2D eigenvalue weighted by Gasteiger charge is -2.11. The first kappa shape index (κ1) is 20.3. The number of ether oxygens (including phenoxy) is 1. The Balaban J connectivity index is 1.60. The number of hydrogen-bond donors (Lipinski definition) is 0. The minimum Gasteiger partial charge on any atom is -0.484 e. The van der Waals surface area contributed by atoms with E-state index in [-0.39, 0.29) is 11.9 Å². The molecule has 0 saturated heterocycles. The van der Waals surface area contributed by atoms with Gasteiger partial charge in [0.25, 0.3) is 11.1 Å². The Labute approximate surface area is 165 Å². The summed E-state index contributed by atoms with van der Waals surface area (Å²) < 4.78 is 49.3. The maximum Gasteiger partial charge on any atom is 0.416 e. The Kier molecular flexibility index (Phi) is 5.98. The SMILES string of the molecule is Cc1ccc(C)c(OCc2nnc(SC(C)c3ccc(C(F)(F)F)cc3)o2)c1. The van der Waals surface area contributed by atoms with E-state index in [1.165, 1.54) is 23.9 Å². The van der Waals surface area contributed by atoms with Crippen molar-refractivity contribution in [3.8, 4) is 5.75 Å². The molecule has 1 unspecified atom stereocenters. The van der Waals surface area contributed by atoms with Crippen LogP contribution in [0.5, 0.6) is 5.75 Å². The number of benzene rings is 2. The van der Waals surface area contributed by atoms with Crippen molar-refractivity contribution in [3.05, 3.63) is 70.6 Å². The molecule has 28 heavy (non-hydrogen) atoms. The highest BCUT2D eigenvalue weighted by molar-refractivity contribution is 7.99. The van der Waals surface area contributed by atoms with Crippen molar-refractivity contribution in [1.29, 1.82) is 0 Å². The second-order valence-corrected chi connectivity index (χ2v) is 7.69. The first-order valence-electron chi connectivity index (χ1n) is 8.58. The number of rotatable bonds is 6. The molecule has 0 spiro atoms. The summed E-state index contributed by atoms with van der Waals surface area (Å²) in [5, 5.41) is 8.14. The molecule has 0 fully saturated rings. The number of halogens is 3. The monoisotopic (exact) mass is 408 g/mol. The van der Waals surface area contributed by atoms with Gasteiger partial charge in [-0.3, -0.25) is 0 Å². The van der Waals surface area contributed by atoms with Crippen molar-refractivity contribution in [1.82, 2.24) is 10.2 Å². The second-order valence-electron chi connectivity index (χ2n) is 6.40. The summed E-state index contributed by atoms with van der Waals surface area (Å²) in [5.41, 5.74) is 2.17. The number of aryl methyl sites for hydroxylation is 2. The Hall–Kier alpha value is -2.48. The predicted molar refractivity (Wildman–Crippen MR) is 100 cm³/mol. The number of alkyl halides is 3. The van der Waals surface area contributed by atoms with Gasteiger partial charge in [0.15, 0.2) is 6.61 Å². The van der Waals surface area contributed by atoms with Crippen LogP contribution in [0.15, 0.2) is 52.1 Å². The largest absolute Gasteiger partial charge is 0.484 e. The van der Waals surface area contributed by atoms with Gasteiger partial charge in [0.05, 0.1) is 5.56 Å². The Morgan fingerprint density at radius 3 is 2.46 bits per heavy atom. The molecule has 0 N–H and O–H groups in total. The van der Waals surface area contributed by atoms with Crippen LogP contribution in [0.3, 0.4) is 0 Å². The lowest BCUT2D eigenvalue weighted by Crippen LogP contribution is -2.04. The van der Waals surface area contributed by atoms with Gasteiger partial charge < -0.3 is 9.15 Å². The van der Waals surface area contributed by atoms with E-state index in [2.05, 4.69) is 10.2 Å². The van der Waals surface area contributed by atoms with Crippen molar-refractivity contribution < 1.29 is 22.3 Å². The van der Waals surface area contributed by atoms with E-state index in [0.717, 1.165) is 34.6 Å². The summed E-state index contributed by atoms with van der Waals surface area (Å²) in [4.78, 5) is 0. The van der Waals surface area contributed by atoms with E-state index in [1.807, 2.05) is 39.0 Å². The topological polar surface area (TPSA) is 48.2 Å². The standard InChI is InChI=1S/C20H19F3N2O2S/c1-12-4-5-13(2)17(10-12)26-11-18-24-25-19(27-18)28-14(3)15-6-8-16(9-7-15)20(21,22)23/h4-10,14H,11H2,1-3H3. The predicted octanol–water partition coefficient (Wildman–Crippen LogP) is 6.14. The molecule has 0 aliphatic heterocycles. The van der Waals surface area contributed by atoms with Crippen molar-refractivity contribution in [2.45, 2.75) is 44.0 Å². The van der Waals surface area contributed by atoms with E-state index in [1.54, 1.807) is 0 Å². The van der Waals surface area contributed by atoms with E-state index in [4.69, 9.17) is 9.15 Å². The van der Waals surface area contributed by atoms with Crippen molar-refractivity contribution in [3.63, 3.8) is 0 Å². The third-order valence-electron chi connectivity index (χ3n) is 4.13. The third kappa shape index (κ3) is 5.07. The third-order valence-corrected chi connectivity index (χ3v) is 5.12. The van der Waals surface area contributed by atoms with E-state index < -0.39 is 11.7 Å². The highest BCUT2D eigenvalue weighted by atomic mass is 32.2. The van der Waals surface area contributed by atoms with Crippen LogP contribution >= 0.6 is 11.8 Å². The van der Waals surface area contributed by atoms with Gasteiger partial charge >= 0.3 is 6.18 Å². The summed E-state index contributed by atoms with van der Waals surface area (Å²) in [6, 6.07) is 11.0. The molecule has 8 heteroatoms. The van der Waals surface area contributed by atoms with Crippen LogP contribution in [0.2, 0.25) is 0 Å². The average molecular weight is 408 g/mol. The molecule has 2 aromatic carbocycles. The van der Waals surface area contributed by atoms with E-state index >= 15 is 0 Å². The van der Waals surface area contributed by atoms with Gasteiger partial charge in [-0.1, -0.05) is 36.0 Å². The molecule has 0 radical (unpaired) electrons. The highest BCUT2D eigenvalue weighted by Gasteiger charge is 2.30. The first-order valence-corrected chi connectivity index (χ1v) is 9.46. The molecule has 0 saturated carbocycles. The van der Waals surface area contributed by atoms with Crippen LogP contribution in [0.4, 0.5) is 13.2 Å². The Morgan fingerprint density at radius 1 is 1.07 bits per heavy atom. The average Bonchev–Trinajstić information content (AvgIpc) is 3.09. The normalized spacial score (nSPS) is 12.8. The zero-order chi connectivity index (χ0) is 20.3. The van der Waals surface area contributed by atoms with Gasteiger partial charge in [-0.05, 0) is 55.7 Å². The highest BCUT2D eigenvalue weighted by Crippen LogP contribution is 2.36. The summed E-state index contributed by atoms with van der Waals surface area (Å²) >= 11 is 1.28. The fourth-order valence-electron chi connectivity index (χ4n) is 2.51. The van der Waals surface area contributed by atoms with E-state index in [0.29, 0.717) is 11.1 Å². The molecule has 1 aromatic heterocycles. The fraction of sp³-hybridized carbons (Fsp3) is 0.300. The van der Waals surface area contributed by atoms with Crippen LogP contribution in [-0.2, 0) is 12.8 Å². The Morgan fingerprint density at radius 2 is 1.79 bits per heavy atom. The number of nitrogens with zero attached hydrogens (tertiary/aromatic N) is 2. The molecule has 0 bridgehead atoms. The molecule has 1 heterocycles. The van der Waals surface area contributed by atoms with Gasteiger partial charge in [-0.25, -0.2) is 0 Å². The molecule has 3 aromatic rings. The van der Waals surface area contributed by atoms with Crippen molar-refractivity contribution >= 4 is 11.8 Å². The van der Waals surface area contributed by atoms with Gasteiger partial charge in [0.1, 0.15) is 5.75 Å². The molecular weight excluding hydrogens is 389 g/mol. The smallest absolute Gasteiger partial charge is 0.416 e. The zero-order valence-corrected chi connectivity index (χ0v) is 16.4. The van der Waals surface area contributed by atoms with Crippen molar-refractivity contribution in [2.24, 2.45) is 0 Å². The summed E-state index contributed by atoms with van der Waals surface area (Å²) in [7, 11) is 0.